The van der Waals surface area contributed by atoms with Crippen LogP contribution in [-0.4, -0.2) is 15.5 Å². The number of aryl methyl sites for hydroxylation is 2. The zero-order valence-electron chi connectivity index (χ0n) is 14.5. The molecular weight excluding hydrogens is 372 g/mol. The van der Waals surface area contributed by atoms with Gasteiger partial charge in [0.1, 0.15) is 11.4 Å². The predicted molar refractivity (Wildman–Crippen MR) is 107 cm³/mol. The molecule has 3 N–H and O–H groups in total. The van der Waals surface area contributed by atoms with Gasteiger partial charge in [-0.25, -0.2) is 10.8 Å². The van der Waals surface area contributed by atoms with Crippen LogP contribution in [0.3, 0.4) is 0 Å². The van der Waals surface area contributed by atoms with Gasteiger partial charge in [0.05, 0.1) is 11.7 Å². The minimum atomic E-state index is -0.433. The normalized spacial score (nSPS) is 10.2. The van der Waals surface area contributed by atoms with Crippen LogP contribution in [0.2, 0.25) is 5.02 Å². The largest absolute Gasteiger partial charge is 0.293 e. The minimum absolute atomic E-state index is 0.118. The predicted octanol–water partition coefficient (Wildman–Crippen LogP) is 3.05. The summed E-state index contributed by atoms with van der Waals surface area (Å²) in [6, 6.07) is 7.54. The van der Waals surface area contributed by atoms with Crippen LogP contribution in [0, 0.1) is 13.8 Å². The average molecular weight is 391 g/mol. The van der Waals surface area contributed by atoms with Crippen molar-refractivity contribution < 1.29 is 4.79 Å². The number of hydrogen-bond donors (Lipinski definition) is 2. The van der Waals surface area contributed by atoms with Gasteiger partial charge < -0.3 is 0 Å². The van der Waals surface area contributed by atoms with Gasteiger partial charge in [0.2, 0.25) is 0 Å². The Kier molecular flexibility index (Phi) is 6.68. The number of carbonyl (C=O) groups is 1. The van der Waals surface area contributed by atoms with Crippen LogP contribution in [0.1, 0.15) is 16.0 Å². The summed E-state index contributed by atoms with van der Waals surface area (Å²) < 4.78 is 1.25. The third-order valence-electron chi connectivity index (χ3n) is 3.74. The number of fused-ring (bicyclic) bond motifs is 1. The lowest BCUT2D eigenvalue weighted by atomic mass is 10.2. The van der Waals surface area contributed by atoms with Crippen molar-refractivity contribution >= 4 is 45.1 Å². The first-order chi connectivity index (χ1) is 12.4. The number of benzene rings is 1. The van der Waals surface area contributed by atoms with E-state index in [9.17, 15) is 9.59 Å². The number of carbonyl (C=O) groups excluding carboxylic acids is 1. The second kappa shape index (κ2) is 8.75. The second-order valence-electron chi connectivity index (χ2n) is 5.46. The summed E-state index contributed by atoms with van der Waals surface area (Å²) in [6.07, 6.45) is 3.16. The van der Waals surface area contributed by atoms with Crippen LogP contribution in [0.25, 0.3) is 16.3 Å². The molecule has 136 valence electrons. The van der Waals surface area contributed by atoms with Crippen molar-refractivity contribution in [2.75, 3.05) is 0 Å². The van der Waals surface area contributed by atoms with E-state index in [1.54, 1.807) is 6.08 Å². The topological polar surface area (TPSA) is 90.0 Å². The smallest absolute Gasteiger partial charge is 0.262 e. The van der Waals surface area contributed by atoms with E-state index in [1.807, 2.05) is 43.5 Å². The van der Waals surface area contributed by atoms with Crippen molar-refractivity contribution in [3.05, 3.63) is 68.6 Å². The fourth-order valence-corrected chi connectivity index (χ4v) is 3.30. The molecule has 0 saturated carbocycles. The Hall–Kier alpha value is -2.48. The van der Waals surface area contributed by atoms with Gasteiger partial charge in [-0.2, -0.15) is 0 Å². The Bertz CT molecular complexity index is 993. The van der Waals surface area contributed by atoms with E-state index in [0.717, 1.165) is 21.0 Å². The summed E-state index contributed by atoms with van der Waals surface area (Å²) >= 11 is 7.11. The van der Waals surface area contributed by atoms with E-state index >= 15 is 0 Å². The van der Waals surface area contributed by atoms with Gasteiger partial charge in [0, 0.05) is 9.90 Å². The molecule has 0 aliphatic carbocycles. The Morgan fingerprint density at radius 1 is 1.38 bits per heavy atom. The fourth-order valence-electron chi connectivity index (χ4n) is 2.18. The number of nitrogens with one attached hydrogen (secondary N) is 1. The maximum absolute atomic E-state index is 12.1. The number of hydrogen-bond acceptors (Lipinski definition) is 5. The molecule has 6 nitrogen and oxygen atoms in total. The highest BCUT2D eigenvalue weighted by atomic mass is 35.5. The molecule has 0 bridgehead atoms. The zero-order valence-corrected chi connectivity index (χ0v) is 16.0. The molecule has 2 heterocycles. The Labute approximate surface area is 159 Å². The van der Waals surface area contributed by atoms with Crippen LogP contribution in [0.4, 0.5) is 0 Å². The first kappa shape index (κ1) is 19.8. The molecule has 2 aromatic heterocycles. The number of rotatable bonds is 3. The van der Waals surface area contributed by atoms with Gasteiger partial charge >= 0.3 is 0 Å². The number of thiophene rings is 1. The third kappa shape index (κ3) is 4.57. The molecule has 8 heteroatoms. The fraction of sp³-hybridized carbons (Fsp3) is 0.167. The number of halogens is 1. The Morgan fingerprint density at radius 3 is 2.62 bits per heavy atom. The molecule has 0 atom stereocenters. The van der Waals surface area contributed by atoms with Gasteiger partial charge in [0.25, 0.3) is 11.5 Å². The Morgan fingerprint density at radius 2 is 2.04 bits per heavy atom. The molecule has 0 spiro atoms. The van der Waals surface area contributed by atoms with E-state index in [2.05, 4.69) is 11.6 Å². The lowest BCUT2D eigenvalue weighted by molar-refractivity contribution is -0.121. The first-order valence-electron chi connectivity index (χ1n) is 7.70. The Balaban J connectivity index is 0.000000228. The molecule has 0 saturated heterocycles. The van der Waals surface area contributed by atoms with Crippen molar-refractivity contribution in [1.29, 1.82) is 0 Å². The molecular formula is C18H19ClN4O2S. The number of nitrogens with two attached hydrogens (primary N) is 1. The van der Waals surface area contributed by atoms with Gasteiger partial charge in [-0.1, -0.05) is 36.4 Å². The second-order valence-corrected chi connectivity index (χ2v) is 7.10. The van der Waals surface area contributed by atoms with E-state index in [-0.39, 0.29) is 12.1 Å². The third-order valence-corrected chi connectivity index (χ3v) is 5.10. The maximum Gasteiger partial charge on any atom is 0.262 e. The number of aromatic nitrogens is 2. The molecule has 1 amide bonds. The summed E-state index contributed by atoms with van der Waals surface area (Å²) in [5.74, 6) is 4.55. The van der Waals surface area contributed by atoms with E-state index in [0.29, 0.717) is 10.2 Å². The van der Waals surface area contributed by atoms with Crippen molar-refractivity contribution in [1.82, 2.24) is 15.0 Å². The average Bonchev–Trinajstić information content (AvgIpc) is 2.93. The highest BCUT2D eigenvalue weighted by Crippen LogP contribution is 2.25. The van der Waals surface area contributed by atoms with Gasteiger partial charge in [0.15, 0.2) is 0 Å². The number of amides is 1. The van der Waals surface area contributed by atoms with Gasteiger partial charge in [-0.05, 0) is 37.1 Å². The molecule has 0 aliphatic rings. The van der Waals surface area contributed by atoms with Crippen LogP contribution in [-0.2, 0) is 11.3 Å². The highest BCUT2D eigenvalue weighted by Gasteiger charge is 2.13. The lowest BCUT2D eigenvalue weighted by Gasteiger charge is -2.03. The van der Waals surface area contributed by atoms with Gasteiger partial charge in [-0.15, -0.1) is 11.3 Å². The van der Waals surface area contributed by atoms with Crippen molar-refractivity contribution in [3.8, 4) is 0 Å². The quantitative estimate of drug-likeness (QED) is 0.408. The molecule has 0 unspecified atom stereocenters. The molecule has 3 rings (SSSR count). The van der Waals surface area contributed by atoms with E-state index < -0.39 is 5.91 Å². The highest BCUT2D eigenvalue weighted by molar-refractivity contribution is 7.18. The van der Waals surface area contributed by atoms with Gasteiger partial charge in [-0.3, -0.25) is 19.6 Å². The van der Waals surface area contributed by atoms with Crippen LogP contribution in [0.5, 0.6) is 0 Å². The van der Waals surface area contributed by atoms with E-state index in [4.69, 9.17) is 17.4 Å². The van der Waals surface area contributed by atoms with Crippen LogP contribution in [0.15, 0.2) is 42.0 Å². The molecule has 0 radical (unpaired) electrons. The lowest BCUT2D eigenvalue weighted by Crippen LogP contribution is -2.36. The summed E-state index contributed by atoms with van der Waals surface area (Å²) in [6.45, 7) is 7.32. The summed E-state index contributed by atoms with van der Waals surface area (Å²) in [7, 11) is 0. The number of nitrogens with zero attached hydrogens (tertiary/aromatic N) is 2. The zero-order chi connectivity index (χ0) is 19.3. The number of hydrazine groups is 1. The maximum atomic E-state index is 12.1. The SMILES string of the molecule is C=Cc1ccc(Cl)cc1.Cc1sc2ncn(CC(=O)NN)c(=O)c2c1C. The van der Waals surface area contributed by atoms with Crippen LogP contribution < -0.4 is 16.8 Å². The van der Waals surface area contributed by atoms with Crippen LogP contribution >= 0.6 is 22.9 Å². The van der Waals surface area contributed by atoms with Crippen molar-refractivity contribution in [3.63, 3.8) is 0 Å². The molecule has 0 aliphatic heterocycles. The molecule has 0 fully saturated rings. The monoisotopic (exact) mass is 390 g/mol. The standard InChI is InChI=1S/C10H12N4O2S.C8H7Cl/c1-5-6(2)17-9-8(5)10(16)14(4-12-9)3-7(15)13-11;1-2-7-3-5-8(9)6-4-7/h4H,3,11H2,1-2H3,(H,13,15);2-6H,1H2. The molecule has 26 heavy (non-hydrogen) atoms. The first-order valence-corrected chi connectivity index (χ1v) is 8.89. The molecule has 3 aromatic rings. The summed E-state index contributed by atoms with van der Waals surface area (Å²) in [4.78, 5) is 29.2. The summed E-state index contributed by atoms with van der Waals surface area (Å²) in [5, 5.41) is 1.35. The molecule has 1 aromatic carbocycles. The van der Waals surface area contributed by atoms with Crippen molar-refractivity contribution in [2.24, 2.45) is 5.84 Å². The minimum Gasteiger partial charge on any atom is -0.293 e. The summed E-state index contributed by atoms with van der Waals surface area (Å²) in [5.41, 5.74) is 3.79. The van der Waals surface area contributed by atoms with E-state index in [1.165, 1.54) is 22.2 Å². The van der Waals surface area contributed by atoms with Crippen molar-refractivity contribution in [2.45, 2.75) is 20.4 Å².